The fourth-order valence-electron chi connectivity index (χ4n) is 4.38. The number of halogens is 1. The molecule has 2 fully saturated rings. The van der Waals surface area contributed by atoms with Gasteiger partial charge in [-0.15, -0.1) is 0 Å². The van der Waals surface area contributed by atoms with Crippen LogP contribution in [0.2, 0.25) is 5.02 Å². The number of hydrogen-bond acceptors (Lipinski definition) is 6. The van der Waals surface area contributed by atoms with E-state index in [0.717, 1.165) is 55.8 Å². The minimum Gasteiger partial charge on any atom is -0.351 e. The first-order valence-corrected chi connectivity index (χ1v) is 11.5. The third kappa shape index (κ3) is 4.91. The summed E-state index contributed by atoms with van der Waals surface area (Å²) in [5, 5.41) is 19.1. The molecule has 3 aromatic heterocycles. The van der Waals surface area contributed by atoms with Gasteiger partial charge in [0.05, 0.1) is 29.3 Å². The zero-order valence-electron chi connectivity index (χ0n) is 17.8. The number of nitrogens with zero attached hydrogens (tertiary/aromatic N) is 5. The Hall–Kier alpha value is -2.45. The first-order chi connectivity index (χ1) is 15.2. The van der Waals surface area contributed by atoms with E-state index < -0.39 is 0 Å². The van der Waals surface area contributed by atoms with Gasteiger partial charge in [0.25, 0.3) is 0 Å². The summed E-state index contributed by atoms with van der Waals surface area (Å²) in [6.07, 6.45) is 15.5. The Bertz CT molecular complexity index is 1000. The molecular weight excluding hydrogens is 412 g/mol. The molecule has 9 heteroatoms. The smallest absolute Gasteiger partial charge is 0.223 e. The standard InChI is InChI=1S/C22H29ClN8/c1-31-20(8-14-2-3-14)18(12-28-31)21-19(23)13-25-22(30-21)29-17-6-4-16(5-7-17)24-9-15-10-26-27-11-15/h10-14,16-17,24H,2-9H2,1H3,(H,26,27)(H,25,29,30)/t16-,17+. The fraction of sp³-hybridized carbons (Fsp3) is 0.545. The highest BCUT2D eigenvalue weighted by Crippen LogP contribution is 2.37. The van der Waals surface area contributed by atoms with Crippen LogP contribution in [-0.2, 0) is 20.0 Å². The van der Waals surface area contributed by atoms with Crippen LogP contribution in [0.1, 0.15) is 49.8 Å². The quantitative estimate of drug-likeness (QED) is 0.494. The predicted octanol–water partition coefficient (Wildman–Crippen LogP) is 3.72. The monoisotopic (exact) mass is 440 g/mol. The molecule has 8 nitrogen and oxygen atoms in total. The van der Waals surface area contributed by atoms with Gasteiger partial charge in [-0.2, -0.15) is 10.2 Å². The molecule has 0 bridgehead atoms. The van der Waals surface area contributed by atoms with Gasteiger partial charge < -0.3 is 10.6 Å². The van der Waals surface area contributed by atoms with Crippen molar-refractivity contribution in [3.8, 4) is 11.3 Å². The largest absolute Gasteiger partial charge is 0.351 e. The van der Waals surface area contributed by atoms with Gasteiger partial charge in [-0.3, -0.25) is 9.78 Å². The molecule has 0 radical (unpaired) electrons. The average molecular weight is 441 g/mol. The average Bonchev–Trinajstić information content (AvgIpc) is 3.31. The van der Waals surface area contributed by atoms with Crippen LogP contribution in [0.3, 0.4) is 0 Å². The van der Waals surface area contributed by atoms with Crippen molar-refractivity contribution in [2.24, 2.45) is 13.0 Å². The highest BCUT2D eigenvalue weighted by Gasteiger charge is 2.26. The summed E-state index contributed by atoms with van der Waals surface area (Å²) in [5.74, 6) is 1.42. The van der Waals surface area contributed by atoms with Crippen molar-refractivity contribution in [3.05, 3.63) is 41.1 Å². The highest BCUT2D eigenvalue weighted by molar-refractivity contribution is 6.32. The number of nitrogens with one attached hydrogen (secondary N) is 3. The second-order valence-electron chi connectivity index (χ2n) is 8.85. The molecule has 3 heterocycles. The SMILES string of the molecule is Cn1ncc(-c2nc(N[C@H]3CC[C@@H](NCc4cn[nH]c4)CC3)ncc2Cl)c1CC1CC1. The van der Waals surface area contributed by atoms with Crippen molar-refractivity contribution in [1.82, 2.24) is 35.3 Å². The molecule has 0 atom stereocenters. The minimum atomic E-state index is 0.376. The van der Waals surface area contributed by atoms with Crippen molar-refractivity contribution in [2.45, 2.75) is 63.6 Å². The molecule has 164 valence electrons. The Morgan fingerprint density at radius 2 is 1.90 bits per heavy atom. The lowest BCUT2D eigenvalue weighted by molar-refractivity contribution is 0.352. The normalized spacial score (nSPS) is 21.4. The predicted molar refractivity (Wildman–Crippen MR) is 121 cm³/mol. The Labute approximate surface area is 187 Å². The van der Waals surface area contributed by atoms with E-state index in [9.17, 15) is 0 Å². The molecule has 0 amide bonds. The number of hydrogen-bond donors (Lipinski definition) is 3. The summed E-state index contributed by atoms with van der Waals surface area (Å²) in [4.78, 5) is 9.24. The number of rotatable bonds is 8. The Morgan fingerprint density at radius 3 is 2.65 bits per heavy atom. The molecule has 2 aliphatic carbocycles. The van der Waals surface area contributed by atoms with Gasteiger partial charge in [-0.1, -0.05) is 11.6 Å². The molecule has 0 unspecified atom stereocenters. The van der Waals surface area contributed by atoms with Crippen molar-refractivity contribution in [2.75, 3.05) is 5.32 Å². The number of aromatic nitrogens is 6. The second kappa shape index (κ2) is 8.96. The number of aryl methyl sites for hydroxylation is 1. The van der Waals surface area contributed by atoms with Crippen molar-refractivity contribution < 1.29 is 0 Å². The summed E-state index contributed by atoms with van der Waals surface area (Å²) in [6.45, 7) is 0.858. The molecule has 0 spiro atoms. The lowest BCUT2D eigenvalue weighted by Gasteiger charge is -2.29. The Kier molecular flexibility index (Phi) is 5.91. The van der Waals surface area contributed by atoms with Crippen molar-refractivity contribution >= 4 is 17.5 Å². The van der Waals surface area contributed by atoms with Crippen LogP contribution < -0.4 is 10.6 Å². The van der Waals surface area contributed by atoms with Gasteiger partial charge in [0.15, 0.2) is 0 Å². The summed E-state index contributed by atoms with van der Waals surface area (Å²) >= 11 is 6.50. The molecule has 3 N–H and O–H groups in total. The lowest BCUT2D eigenvalue weighted by Crippen LogP contribution is -2.36. The Balaban J connectivity index is 1.21. The fourth-order valence-corrected chi connectivity index (χ4v) is 4.58. The zero-order chi connectivity index (χ0) is 21.2. The first-order valence-electron chi connectivity index (χ1n) is 11.2. The summed E-state index contributed by atoms with van der Waals surface area (Å²) in [5.41, 5.74) is 4.20. The summed E-state index contributed by atoms with van der Waals surface area (Å²) in [6, 6.07) is 0.913. The van der Waals surface area contributed by atoms with Gasteiger partial charge in [-0.25, -0.2) is 9.97 Å². The highest BCUT2D eigenvalue weighted by atomic mass is 35.5. The van der Waals surface area contributed by atoms with E-state index in [2.05, 4.69) is 30.9 Å². The van der Waals surface area contributed by atoms with E-state index in [1.165, 1.54) is 24.1 Å². The number of H-pyrrole nitrogens is 1. The van der Waals surface area contributed by atoms with Crippen LogP contribution in [-0.4, -0.2) is 42.0 Å². The molecule has 0 saturated heterocycles. The molecular formula is C22H29ClN8. The van der Waals surface area contributed by atoms with Crippen LogP contribution in [0.4, 0.5) is 5.95 Å². The van der Waals surface area contributed by atoms with Crippen LogP contribution in [0.25, 0.3) is 11.3 Å². The first kappa shape index (κ1) is 20.5. The summed E-state index contributed by atoms with van der Waals surface area (Å²) in [7, 11) is 1.99. The van der Waals surface area contributed by atoms with Gasteiger partial charge >= 0.3 is 0 Å². The van der Waals surface area contributed by atoms with Crippen LogP contribution >= 0.6 is 11.6 Å². The van der Waals surface area contributed by atoms with E-state index in [0.29, 0.717) is 23.1 Å². The minimum absolute atomic E-state index is 0.376. The van der Waals surface area contributed by atoms with Crippen molar-refractivity contribution in [3.63, 3.8) is 0 Å². The van der Waals surface area contributed by atoms with Gasteiger partial charge in [0.1, 0.15) is 0 Å². The third-order valence-corrected chi connectivity index (χ3v) is 6.73. The van der Waals surface area contributed by atoms with Crippen LogP contribution in [0.15, 0.2) is 24.8 Å². The van der Waals surface area contributed by atoms with Crippen molar-refractivity contribution in [1.29, 1.82) is 0 Å². The molecule has 2 aliphatic rings. The maximum absolute atomic E-state index is 6.50. The summed E-state index contributed by atoms with van der Waals surface area (Å²) < 4.78 is 1.96. The maximum atomic E-state index is 6.50. The third-order valence-electron chi connectivity index (χ3n) is 6.45. The maximum Gasteiger partial charge on any atom is 0.223 e. The Morgan fingerprint density at radius 1 is 1.10 bits per heavy atom. The lowest BCUT2D eigenvalue weighted by atomic mass is 9.91. The molecule has 0 aromatic carbocycles. The van der Waals surface area contributed by atoms with E-state index in [1.807, 2.05) is 30.3 Å². The van der Waals surface area contributed by atoms with E-state index in [1.54, 1.807) is 6.20 Å². The number of anilines is 1. The zero-order valence-corrected chi connectivity index (χ0v) is 18.6. The van der Waals surface area contributed by atoms with Crippen LogP contribution in [0, 0.1) is 5.92 Å². The van der Waals surface area contributed by atoms with Crippen LogP contribution in [0.5, 0.6) is 0 Å². The van der Waals surface area contributed by atoms with E-state index >= 15 is 0 Å². The molecule has 0 aliphatic heterocycles. The van der Waals surface area contributed by atoms with Gasteiger partial charge in [0.2, 0.25) is 5.95 Å². The molecule has 3 aromatic rings. The van der Waals surface area contributed by atoms with E-state index in [-0.39, 0.29) is 0 Å². The second-order valence-corrected chi connectivity index (χ2v) is 9.25. The molecule has 31 heavy (non-hydrogen) atoms. The van der Waals surface area contributed by atoms with Gasteiger partial charge in [-0.05, 0) is 50.9 Å². The molecule has 2 saturated carbocycles. The van der Waals surface area contributed by atoms with Gasteiger partial charge in [0, 0.05) is 48.7 Å². The van der Waals surface area contributed by atoms with E-state index in [4.69, 9.17) is 16.6 Å². The molecule has 5 rings (SSSR count). The number of aromatic amines is 1. The topological polar surface area (TPSA) is 96.3 Å².